The summed E-state index contributed by atoms with van der Waals surface area (Å²) < 4.78 is 0. The van der Waals surface area contributed by atoms with E-state index in [0.29, 0.717) is 0 Å². The molecule has 0 unspecified atom stereocenters. The number of rotatable bonds is 0. The number of aliphatic hydroxyl groups excluding tert-OH is 1. The zero-order valence-corrected chi connectivity index (χ0v) is 7.90. The second-order valence-corrected chi connectivity index (χ2v) is 4.20. The van der Waals surface area contributed by atoms with Crippen molar-refractivity contribution in [3.63, 3.8) is 0 Å². The molecule has 1 N–H and O–H groups in total. The van der Waals surface area contributed by atoms with Gasteiger partial charge in [0.05, 0.1) is 6.10 Å². The molecular formula is C10H12OS. The molecule has 64 valence electrons. The van der Waals surface area contributed by atoms with Crippen molar-refractivity contribution >= 4 is 11.8 Å². The van der Waals surface area contributed by atoms with Gasteiger partial charge in [0.1, 0.15) is 0 Å². The van der Waals surface area contributed by atoms with Crippen molar-refractivity contribution in [3.8, 4) is 0 Å². The highest BCUT2D eigenvalue weighted by Crippen LogP contribution is 2.32. The highest BCUT2D eigenvalue weighted by molar-refractivity contribution is 7.98. The van der Waals surface area contributed by atoms with Crippen molar-refractivity contribution in [2.45, 2.75) is 18.8 Å². The highest BCUT2D eigenvalue weighted by atomic mass is 32.2. The molecule has 0 radical (unpaired) electrons. The minimum atomic E-state index is -0.251. The summed E-state index contributed by atoms with van der Waals surface area (Å²) in [6.07, 6.45) is -0.251. The van der Waals surface area contributed by atoms with Crippen LogP contribution in [0.15, 0.2) is 18.2 Å². The van der Waals surface area contributed by atoms with Gasteiger partial charge in [-0.2, -0.15) is 11.8 Å². The van der Waals surface area contributed by atoms with Gasteiger partial charge in [0.2, 0.25) is 0 Å². The summed E-state index contributed by atoms with van der Waals surface area (Å²) in [5.74, 6) is 1.90. The first-order valence-corrected chi connectivity index (χ1v) is 5.28. The van der Waals surface area contributed by atoms with Crippen LogP contribution in [0.1, 0.15) is 22.8 Å². The van der Waals surface area contributed by atoms with Crippen LogP contribution in [0, 0.1) is 6.92 Å². The van der Waals surface area contributed by atoms with E-state index in [4.69, 9.17) is 0 Å². The van der Waals surface area contributed by atoms with Crippen molar-refractivity contribution in [1.29, 1.82) is 0 Å². The first-order chi connectivity index (χ1) is 5.79. The fraction of sp³-hybridized carbons (Fsp3) is 0.400. The van der Waals surface area contributed by atoms with Crippen molar-refractivity contribution in [1.82, 2.24) is 0 Å². The molecule has 0 aliphatic carbocycles. The molecule has 0 bridgehead atoms. The molecule has 0 aromatic heterocycles. The number of hydrogen-bond acceptors (Lipinski definition) is 2. The Kier molecular flexibility index (Phi) is 2.11. The lowest BCUT2D eigenvalue weighted by Crippen LogP contribution is -2.10. The molecule has 1 aliphatic heterocycles. The van der Waals surface area contributed by atoms with Gasteiger partial charge >= 0.3 is 0 Å². The molecule has 1 nitrogen and oxygen atoms in total. The van der Waals surface area contributed by atoms with Crippen LogP contribution >= 0.6 is 11.8 Å². The van der Waals surface area contributed by atoms with Gasteiger partial charge in [0.25, 0.3) is 0 Å². The molecule has 1 aromatic carbocycles. The fourth-order valence-corrected chi connectivity index (χ4v) is 2.72. The van der Waals surface area contributed by atoms with Crippen molar-refractivity contribution in [3.05, 3.63) is 34.9 Å². The maximum absolute atomic E-state index is 9.66. The Balaban J connectivity index is 2.52. The van der Waals surface area contributed by atoms with E-state index in [0.717, 1.165) is 17.1 Å². The Morgan fingerprint density at radius 3 is 3.08 bits per heavy atom. The average molecular weight is 180 g/mol. The first kappa shape index (κ1) is 8.14. The summed E-state index contributed by atoms with van der Waals surface area (Å²) in [7, 11) is 0. The lowest BCUT2D eigenvalue weighted by Gasteiger charge is -2.22. The van der Waals surface area contributed by atoms with Gasteiger partial charge in [0.15, 0.2) is 0 Å². The number of thioether (sulfide) groups is 1. The van der Waals surface area contributed by atoms with E-state index in [1.54, 1.807) is 0 Å². The predicted octanol–water partition coefficient (Wildman–Crippen LogP) is 2.28. The Labute approximate surface area is 76.8 Å². The zero-order valence-electron chi connectivity index (χ0n) is 7.08. The van der Waals surface area contributed by atoms with Gasteiger partial charge in [-0.25, -0.2) is 0 Å². The summed E-state index contributed by atoms with van der Waals surface area (Å²) in [6.45, 7) is 2.11. The Morgan fingerprint density at radius 2 is 2.33 bits per heavy atom. The number of hydrogen-bond donors (Lipinski definition) is 1. The van der Waals surface area contributed by atoms with Crippen LogP contribution in [0.4, 0.5) is 0 Å². The summed E-state index contributed by atoms with van der Waals surface area (Å²) in [4.78, 5) is 0. The lowest BCUT2D eigenvalue weighted by molar-refractivity contribution is 0.201. The van der Waals surface area contributed by atoms with Gasteiger partial charge < -0.3 is 5.11 Å². The molecule has 0 saturated heterocycles. The van der Waals surface area contributed by atoms with Crippen LogP contribution in [-0.2, 0) is 5.75 Å². The third kappa shape index (κ3) is 1.25. The third-order valence-electron chi connectivity index (χ3n) is 2.33. The Morgan fingerprint density at radius 1 is 1.50 bits per heavy atom. The van der Waals surface area contributed by atoms with Crippen LogP contribution in [0.2, 0.25) is 0 Å². The van der Waals surface area contributed by atoms with Crippen LogP contribution in [-0.4, -0.2) is 10.9 Å². The second-order valence-electron chi connectivity index (χ2n) is 3.17. The lowest BCUT2D eigenvalue weighted by atomic mass is 9.99. The first-order valence-electron chi connectivity index (χ1n) is 4.13. The Bertz CT molecular complexity index is 296. The number of fused-ring (bicyclic) bond motifs is 1. The standard InChI is InChI=1S/C10H12OS/c1-7-3-2-4-8-9(7)5-12-6-10(8)11/h2-4,10-11H,5-6H2,1H3/t10-/m0/s1. The van der Waals surface area contributed by atoms with E-state index in [9.17, 15) is 5.11 Å². The predicted molar refractivity (Wildman–Crippen MR) is 52.3 cm³/mol. The quantitative estimate of drug-likeness (QED) is 0.661. The minimum Gasteiger partial charge on any atom is -0.388 e. The van der Waals surface area contributed by atoms with Crippen LogP contribution < -0.4 is 0 Å². The molecule has 1 aromatic rings. The molecule has 12 heavy (non-hydrogen) atoms. The maximum Gasteiger partial charge on any atom is 0.0883 e. The summed E-state index contributed by atoms with van der Waals surface area (Å²) in [6, 6.07) is 6.16. The van der Waals surface area contributed by atoms with E-state index < -0.39 is 0 Å². The van der Waals surface area contributed by atoms with Crippen LogP contribution in [0.25, 0.3) is 0 Å². The molecule has 0 amide bonds. The van der Waals surface area contributed by atoms with Crippen molar-refractivity contribution in [2.24, 2.45) is 0 Å². The number of aryl methyl sites for hydroxylation is 1. The molecule has 1 atom stereocenters. The molecule has 0 fully saturated rings. The summed E-state index contributed by atoms with van der Waals surface area (Å²) in [5.41, 5.74) is 3.77. The average Bonchev–Trinajstić information content (AvgIpc) is 2.07. The number of aliphatic hydroxyl groups is 1. The van der Waals surface area contributed by atoms with E-state index in [-0.39, 0.29) is 6.10 Å². The maximum atomic E-state index is 9.66. The Hall–Kier alpha value is -0.470. The van der Waals surface area contributed by atoms with E-state index >= 15 is 0 Å². The third-order valence-corrected chi connectivity index (χ3v) is 3.37. The van der Waals surface area contributed by atoms with Gasteiger partial charge in [-0.05, 0) is 23.6 Å². The largest absolute Gasteiger partial charge is 0.388 e. The smallest absolute Gasteiger partial charge is 0.0883 e. The molecule has 2 rings (SSSR count). The van der Waals surface area contributed by atoms with E-state index in [1.807, 2.05) is 23.9 Å². The van der Waals surface area contributed by atoms with Gasteiger partial charge in [-0.1, -0.05) is 18.2 Å². The monoisotopic (exact) mass is 180 g/mol. The number of benzene rings is 1. The molecule has 0 spiro atoms. The van der Waals surface area contributed by atoms with Crippen LogP contribution in [0.5, 0.6) is 0 Å². The normalized spacial score (nSPS) is 22.0. The topological polar surface area (TPSA) is 20.2 Å². The molecule has 1 aliphatic rings. The van der Waals surface area contributed by atoms with Crippen molar-refractivity contribution in [2.75, 3.05) is 5.75 Å². The molecular weight excluding hydrogens is 168 g/mol. The van der Waals surface area contributed by atoms with Gasteiger partial charge in [0, 0.05) is 11.5 Å². The van der Waals surface area contributed by atoms with Crippen molar-refractivity contribution < 1.29 is 5.11 Å². The van der Waals surface area contributed by atoms with E-state index in [2.05, 4.69) is 13.0 Å². The highest BCUT2D eigenvalue weighted by Gasteiger charge is 2.18. The minimum absolute atomic E-state index is 0.251. The van der Waals surface area contributed by atoms with Gasteiger partial charge in [-0.15, -0.1) is 0 Å². The van der Waals surface area contributed by atoms with Gasteiger partial charge in [-0.3, -0.25) is 0 Å². The molecule has 0 saturated carbocycles. The summed E-state index contributed by atoms with van der Waals surface area (Å²) >= 11 is 1.81. The summed E-state index contributed by atoms with van der Waals surface area (Å²) in [5, 5.41) is 9.66. The SMILES string of the molecule is Cc1cccc2c1CSC[C@@H]2O. The van der Waals surface area contributed by atoms with E-state index in [1.165, 1.54) is 11.1 Å². The molecule has 1 heterocycles. The van der Waals surface area contributed by atoms with Crippen LogP contribution in [0.3, 0.4) is 0 Å². The second kappa shape index (κ2) is 3.11. The zero-order chi connectivity index (χ0) is 8.55. The fourth-order valence-electron chi connectivity index (χ4n) is 1.60. The molecule has 2 heteroatoms.